The molecule has 2 aromatic carbocycles. The van der Waals surface area contributed by atoms with E-state index in [1.165, 1.54) is 47.5 Å². The third-order valence-corrected chi connectivity index (χ3v) is 5.44. The van der Waals surface area contributed by atoms with Gasteiger partial charge in [0, 0.05) is 28.5 Å². The molecule has 0 bridgehead atoms. The fourth-order valence-corrected chi connectivity index (χ4v) is 3.98. The number of para-hydroxylation sites is 1. The Kier molecular flexibility index (Phi) is 6.99. The normalized spacial score (nSPS) is 11.2. The standard InChI is InChI=1S/C23H19ClFN5O4S/c1-35(32,33)29-20-7-17(24)6-19(9-20)28-23(31)16-10-27-30(13-16)22-5-3-2-4-15(22)14-34-21-8-18(25)11-26-12-21/h2-13,29H,14H2,1H3,(H,28,31). The summed E-state index contributed by atoms with van der Waals surface area (Å²) in [7, 11) is -3.51. The fraction of sp³-hybridized carbons (Fsp3) is 0.0870. The van der Waals surface area contributed by atoms with Crippen LogP contribution in [0.15, 0.2) is 73.3 Å². The van der Waals surface area contributed by atoms with Crippen LogP contribution in [0.4, 0.5) is 15.8 Å². The van der Waals surface area contributed by atoms with E-state index in [0.717, 1.165) is 18.0 Å². The highest BCUT2D eigenvalue weighted by Crippen LogP contribution is 2.24. The maximum absolute atomic E-state index is 13.4. The summed E-state index contributed by atoms with van der Waals surface area (Å²) in [6.45, 7) is 0.126. The molecule has 1 amide bonds. The average molecular weight is 516 g/mol. The number of halogens is 2. The molecule has 0 aliphatic rings. The van der Waals surface area contributed by atoms with Gasteiger partial charge in [0.25, 0.3) is 5.91 Å². The van der Waals surface area contributed by atoms with Gasteiger partial charge in [-0.05, 0) is 24.3 Å². The molecule has 0 radical (unpaired) electrons. The molecule has 0 unspecified atom stereocenters. The second-order valence-electron chi connectivity index (χ2n) is 7.49. The number of nitrogens with zero attached hydrogens (tertiary/aromatic N) is 3. The molecule has 0 aliphatic heterocycles. The van der Waals surface area contributed by atoms with Gasteiger partial charge in [-0.15, -0.1) is 0 Å². The van der Waals surface area contributed by atoms with E-state index in [0.29, 0.717) is 11.4 Å². The van der Waals surface area contributed by atoms with E-state index >= 15 is 0 Å². The van der Waals surface area contributed by atoms with Crippen molar-refractivity contribution in [3.05, 3.63) is 95.3 Å². The first-order valence-electron chi connectivity index (χ1n) is 10.1. The zero-order valence-corrected chi connectivity index (χ0v) is 19.8. The fourth-order valence-electron chi connectivity index (χ4n) is 3.20. The lowest BCUT2D eigenvalue weighted by atomic mass is 10.2. The van der Waals surface area contributed by atoms with Crippen LogP contribution in [0.25, 0.3) is 5.69 Å². The van der Waals surface area contributed by atoms with Crippen LogP contribution in [-0.4, -0.2) is 35.3 Å². The number of sulfonamides is 1. The maximum atomic E-state index is 13.4. The number of nitrogens with one attached hydrogen (secondary N) is 2. The minimum Gasteiger partial charge on any atom is -0.487 e. The van der Waals surface area contributed by atoms with Gasteiger partial charge < -0.3 is 10.1 Å². The lowest BCUT2D eigenvalue weighted by Crippen LogP contribution is -2.13. The van der Waals surface area contributed by atoms with E-state index in [2.05, 4.69) is 20.1 Å². The molecule has 0 saturated carbocycles. The number of carbonyl (C=O) groups is 1. The quantitative estimate of drug-likeness (QED) is 0.362. The number of benzene rings is 2. The lowest BCUT2D eigenvalue weighted by molar-refractivity contribution is 0.102. The molecule has 0 aliphatic carbocycles. The van der Waals surface area contributed by atoms with Gasteiger partial charge in [0.15, 0.2) is 0 Å². The summed E-state index contributed by atoms with van der Waals surface area (Å²) in [4.78, 5) is 16.5. The number of hydrogen-bond donors (Lipinski definition) is 2. The Labute approximate surface area is 205 Å². The van der Waals surface area contributed by atoms with E-state index in [-0.39, 0.29) is 28.6 Å². The Hall–Kier alpha value is -3.96. The number of carbonyl (C=O) groups excluding carboxylic acids is 1. The van der Waals surface area contributed by atoms with Crippen molar-refractivity contribution in [3.63, 3.8) is 0 Å². The minimum absolute atomic E-state index is 0.126. The topological polar surface area (TPSA) is 115 Å². The largest absolute Gasteiger partial charge is 0.487 e. The highest BCUT2D eigenvalue weighted by Gasteiger charge is 2.14. The zero-order valence-electron chi connectivity index (χ0n) is 18.3. The molecule has 2 aromatic heterocycles. The van der Waals surface area contributed by atoms with Crippen molar-refractivity contribution in [2.75, 3.05) is 16.3 Å². The molecule has 4 rings (SSSR count). The molecule has 12 heteroatoms. The predicted molar refractivity (Wildman–Crippen MR) is 130 cm³/mol. The number of anilines is 2. The summed E-state index contributed by atoms with van der Waals surface area (Å²) in [6.07, 6.45) is 6.44. The van der Waals surface area contributed by atoms with Gasteiger partial charge >= 0.3 is 0 Å². The van der Waals surface area contributed by atoms with Crippen molar-refractivity contribution < 1.29 is 22.3 Å². The van der Waals surface area contributed by atoms with Gasteiger partial charge in [-0.25, -0.2) is 17.5 Å². The molecule has 2 heterocycles. The Morgan fingerprint density at radius 1 is 1.11 bits per heavy atom. The molecular formula is C23H19ClFN5O4S. The first kappa shape index (κ1) is 24.2. The average Bonchev–Trinajstić information content (AvgIpc) is 3.27. The molecule has 0 saturated heterocycles. The van der Waals surface area contributed by atoms with Gasteiger partial charge in [-0.2, -0.15) is 5.10 Å². The van der Waals surface area contributed by atoms with E-state index in [9.17, 15) is 17.6 Å². The van der Waals surface area contributed by atoms with Crippen LogP contribution in [0.5, 0.6) is 5.75 Å². The predicted octanol–water partition coefficient (Wildman–Crippen LogP) is 4.26. The van der Waals surface area contributed by atoms with Crippen molar-refractivity contribution in [2.45, 2.75) is 6.61 Å². The summed E-state index contributed by atoms with van der Waals surface area (Å²) >= 11 is 6.05. The summed E-state index contributed by atoms with van der Waals surface area (Å²) < 4.78 is 45.8. The number of rotatable bonds is 8. The number of ether oxygens (including phenoxy) is 1. The molecule has 180 valence electrons. The van der Waals surface area contributed by atoms with Crippen LogP contribution in [0.3, 0.4) is 0 Å². The number of aromatic nitrogens is 3. The van der Waals surface area contributed by atoms with Crippen LogP contribution in [0.1, 0.15) is 15.9 Å². The van der Waals surface area contributed by atoms with E-state index < -0.39 is 21.7 Å². The van der Waals surface area contributed by atoms with Crippen LogP contribution in [0, 0.1) is 5.82 Å². The summed E-state index contributed by atoms with van der Waals surface area (Å²) in [5.74, 6) is -0.688. The number of hydrogen-bond acceptors (Lipinski definition) is 6. The molecule has 0 atom stereocenters. The van der Waals surface area contributed by atoms with Gasteiger partial charge in [0.05, 0.1) is 41.8 Å². The molecule has 4 aromatic rings. The molecule has 0 fully saturated rings. The molecule has 35 heavy (non-hydrogen) atoms. The van der Waals surface area contributed by atoms with E-state index in [1.807, 2.05) is 18.2 Å². The lowest BCUT2D eigenvalue weighted by Gasteiger charge is -2.11. The summed E-state index contributed by atoms with van der Waals surface area (Å²) in [5, 5.41) is 7.19. The van der Waals surface area contributed by atoms with Crippen molar-refractivity contribution in [1.82, 2.24) is 14.8 Å². The summed E-state index contributed by atoms with van der Waals surface area (Å²) in [5.41, 5.74) is 2.19. The zero-order chi connectivity index (χ0) is 25.0. The SMILES string of the molecule is CS(=O)(=O)Nc1cc(Cl)cc(NC(=O)c2cnn(-c3ccccc3COc3cncc(F)c3)c2)c1. The molecule has 0 spiro atoms. The first-order valence-corrected chi connectivity index (χ1v) is 12.4. The van der Waals surface area contributed by atoms with E-state index in [1.54, 1.807) is 6.07 Å². The third-order valence-electron chi connectivity index (χ3n) is 4.62. The van der Waals surface area contributed by atoms with Crippen LogP contribution < -0.4 is 14.8 Å². The highest BCUT2D eigenvalue weighted by molar-refractivity contribution is 7.92. The van der Waals surface area contributed by atoms with Gasteiger partial charge in [-0.1, -0.05) is 29.8 Å². The van der Waals surface area contributed by atoms with Crippen LogP contribution >= 0.6 is 11.6 Å². The van der Waals surface area contributed by atoms with Crippen molar-refractivity contribution in [1.29, 1.82) is 0 Å². The Bertz CT molecular complexity index is 1490. The third kappa shape index (κ3) is 6.55. The Morgan fingerprint density at radius 2 is 1.89 bits per heavy atom. The number of amides is 1. The van der Waals surface area contributed by atoms with Gasteiger partial charge in [0.2, 0.25) is 10.0 Å². The summed E-state index contributed by atoms with van der Waals surface area (Å²) in [6, 6.07) is 12.9. The van der Waals surface area contributed by atoms with Crippen molar-refractivity contribution in [3.8, 4) is 11.4 Å². The van der Waals surface area contributed by atoms with Gasteiger partial charge in [0.1, 0.15) is 18.2 Å². The second-order valence-corrected chi connectivity index (χ2v) is 9.67. The first-order chi connectivity index (χ1) is 16.7. The second kappa shape index (κ2) is 10.1. The molecule has 9 nitrogen and oxygen atoms in total. The Morgan fingerprint density at radius 3 is 2.66 bits per heavy atom. The van der Waals surface area contributed by atoms with E-state index in [4.69, 9.17) is 16.3 Å². The Balaban J connectivity index is 1.50. The maximum Gasteiger partial charge on any atom is 0.258 e. The van der Waals surface area contributed by atoms with Crippen molar-refractivity contribution in [2.24, 2.45) is 0 Å². The molecule has 2 N–H and O–H groups in total. The van der Waals surface area contributed by atoms with Crippen LogP contribution in [-0.2, 0) is 16.6 Å². The highest BCUT2D eigenvalue weighted by atomic mass is 35.5. The molecular weight excluding hydrogens is 497 g/mol. The van der Waals surface area contributed by atoms with Gasteiger partial charge in [-0.3, -0.25) is 14.5 Å². The number of pyridine rings is 1. The van der Waals surface area contributed by atoms with Crippen molar-refractivity contribution >= 4 is 38.9 Å². The smallest absolute Gasteiger partial charge is 0.258 e. The van der Waals surface area contributed by atoms with Crippen LogP contribution in [0.2, 0.25) is 5.02 Å². The monoisotopic (exact) mass is 515 g/mol. The minimum atomic E-state index is -3.51.